The summed E-state index contributed by atoms with van der Waals surface area (Å²) < 4.78 is 18.9. The van der Waals surface area contributed by atoms with Crippen molar-refractivity contribution in [3.8, 4) is 0 Å². The molecule has 0 unspecified atom stereocenters. The van der Waals surface area contributed by atoms with Crippen LogP contribution in [0.2, 0.25) is 0 Å². The van der Waals surface area contributed by atoms with Gasteiger partial charge >= 0.3 is 0 Å². The molecule has 1 saturated heterocycles. The first-order chi connectivity index (χ1) is 10.7. The lowest BCUT2D eigenvalue weighted by atomic mass is 10.1. The lowest BCUT2D eigenvalue weighted by Gasteiger charge is -2.30. The first kappa shape index (κ1) is 14.7. The van der Waals surface area contributed by atoms with Crippen LogP contribution in [-0.2, 0) is 4.74 Å². The summed E-state index contributed by atoms with van der Waals surface area (Å²) in [6.45, 7) is 2.90. The topological polar surface area (TPSA) is 75.8 Å². The average Bonchev–Trinajstić information content (AvgIpc) is 2.94. The predicted octanol–water partition coefficient (Wildman–Crippen LogP) is 2.15. The smallest absolute Gasteiger partial charge is 0.205 e. The number of thiazole rings is 1. The van der Waals surface area contributed by atoms with E-state index < -0.39 is 0 Å². The van der Waals surface area contributed by atoms with Crippen LogP contribution in [0, 0.1) is 5.82 Å². The number of benzene rings is 1. The zero-order valence-corrected chi connectivity index (χ0v) is 12.6. The standard InChI is InChI=1S/C14H16FN5OS/c15-11-1-2-12(20-3-5-21-6-4-20)10(7-11)8-17-19-14-18-13(16)9-22-14/h1-2,7-9H,3-6,16H2,(H,18,19). The van der Waals surface area contributed by atoms with E-state index in [2.05, 4.69) is 20.4 Å². The summed E-state index contributed by atoms with van der Waals surface area (Å²) in [5.74, 6) is 0.152. The molecule has 1 aromatic carbocycles. The van der Waals surface area contributed by atoms with E-state index >= 15 is 0 Å². The number of aromatic nitrogens is 1. The van der Waals surface area contributed by atoms with Crippen molar-refractivity contribution in [2.75, 3.05) is 42.4 Å². The minimum absolute atomic E-state index is 0.294. The Bertz CT molecular complexity index is 669. The third-order valence-electron chi connectivity index (χ3n) is 3.23. The van der Waals surface area contributed by atoms with Crippen LogP contribution in [0.4, 0.5) is 21.0 Å². The molecule has 1 aromatic heterocycles. The number of anilines is 3. The minimum Gasteiger partial charge on any atom is -0.383 e. The molecule has 22 heavy (non-hydrogen) atoms. The highest BCUT2D eigenvalue weighted by Gasteiger charge is 2.14. The van der Waals surface area contributed by atoms with Gasteiger partial charge in [0.25, 0.3) is 0 Å². The molecule has 0 saturated carbocycles. The molecular weight excluding hydrogens is 305 g/mol. The summed E-state index contributed by atoms with van der Waals surface area (Å²) in [7, 11) is 0. The minimum atomic E-state index is -0.294. The number of ether oxygens (including phenoxy) is 1. The van der Waals surface area contributed by atoms with Crippen LogP contribution in [0.25, 0.3) is 0 Å². The van der Waals surface area contributed by atoms with Gasteiger partial charge in [-0.15, -0.1) is 11.3 Å². The van der Waals surface area contributed by atoms with Crippen LogP contribution in [0.3, 0.4) is 0 Å². The Morgan fingerprint density at radius 1 is 1.41 bits per heavy atom. The van der Waals surface area contributed by atoms with Gasteiger partial charge in [-0.3, -0.25) is 5.43 Å². The van der Waals surface area contributed by atoms with Crippen molar-refractivity contribution in [3.63, 3.8) is 0 Å². The number of hydrogen-bond donors (Lipinski definition) is 2. The van der Waals surface area contributed by atoms with Gasteiger partial charge in [0.1, 0.15) is 11.6 Å². The summed E-state index contributed by atoms with van der Waals surface area (Å²) in [5.41, 5.74) is 9.98. The zero-order valence-electron chi connectivity index (χ0n) is 11.8. The van der Waals surface area contributed by atoms with Gasteiger partial charge in [-0.05, 0) is 18.2 Å². The van der Waals surface area contributed by atoms with Gasteiger partial charge in [0.15, 0.2) is 0 Å². The molecule has 2 heterocycles. The van der Waals surface area contributed by atoms with E-state index in [0.29, 0.717) is 29.7 Å². The van der Waals surface area contributed by atoms with Crippen molar-refractivity contribution in [1.82, 2.24) is 4.98 Å². The molecule has 0 atom stereocenters. The van der Waals surface area contributed by atoms with Gasteiger partial charge in [-0.25, -0.2) is 9.37 Å². The van der Waals surface area contributed by atoms with E-state index in [1.165, 1.54) is 23.5 Å². The number of nitrogens with one attached hydrogen (secondary N) is 1. The Balaban J connectivity index is 1.77. The van der Waals surface area contributed by atoms with Gasteiger partial charge < -0.3 is 15.4 Å². The number of rotatable bonds is 4. The molecule has 2 aromatic rings. The fraction of sp³-hybridized carbons (Fsp3) is 0.286. The monoisotopic (exact) mass is 321 g/mol. The molecule has 0 bridgehead atoms. The first-order valence-corrected chi connectivity index (χ1v) is 7.72. The van der Waals surface area contributed by atoms with Gasteiger partial charge in [0, 0.05) is 29.7 Å². The summed E-state index contributed by atoms with van der Waals surface area (Å²) in [5, 5.41) is 6.43. The second-order valence-corrected chi connectivity index (χ2v) is 5.61. The van der Waals surface area contributed by atoms with Crippen LogP contribution < -0.4 is 16.1 Å². The quantitative estimate of drug-likeness (QED) is 0.666. The highest BCUT2D eigenvalue weighted by atomic mass is 32.1. The molecule has 8 heteroatoms. The maximum absolute atomic E-state index is 13.5. The van der Waals surface area contributed by atoms with E-state index in [-0.39, 0.29) is 5.82 Å². The molecule has 0 aliphatic carbocycles. The van der Waals surface area contributed by atoms with Crippen LogP contribution in [-0.4, -0.2) is 37.5 Å². The van der Waals surface area contributed by atoms with E-state index in [0.717, 1.165) is 18.8 Å². The van der Waals surface area contributed by atoms with Crippen LogP contribution in [0.5, 0.6) is 0 Å². The van der Waals surface area contributed by atoms with Crippen molar-refractivity contribution in [2.24, 2.45) is 5.10 Å². The molecular formula is C14H16FN5OS. The Labute approximate surface area is 131 Å². The molecule has 1 aliphatic rings. The van der Waals surface area contributed by atoms with Crippen LogP contribution in [0.15, 0.2) is 28.7 Å². The lowest BCUT2D eigenvalue weighted by molar-refractivity contribution is 0.122. The maximum atomic E-state index is 13.5. The van der Waals surface area contributed by atoms with E-state index in [9.17, 15) is 4.39 Å². The van der Waals surface area contributed by atoms with Crippen molar-refractivity contribution >= 4 is 34.2 Å². The molecule has 1 fully saturated rings. The molecule has 3 rings (SSSR count). The molecule has 116 valence electrons. The number of nitrogen functional groups attached to an aromatic ring is 1. The summed E-state index contributed by atoms with van der Waals surface area (Å²) in [6.07, 6.45) is 1.59. The number of nitrogens with zero attached hydrogens (tertiary/aromatic N) is 3. The van der Waals surface area contributed by atoms with E-state index in [4.69, 9.17) is 10.5 Å². The SMILES string of the molecule is Nc1csc(NN=Cc2cc(F)ccc2N2CCOCC2)n1. The Hall–Kier alpha value is -2.19. The van der Waals surface area contributed by atoms with Gasteiger partial charge in [0.2, 0.25) is 5.13 Å². The van der Waals surface area contributed by atoms with Gasteiger partial charge in [0.05, 0.1) is 19.4 Å². The normalized spacial score (nSPS) is 15.4. The highest BCUT2D eigenvalue weighted by molar-refractivity contribution is 7.14. The number of halogens is 1. The molecule has 0 amide bonds. The molecule has 6 nitrogen and oxygen atoms in total. The van der Waals surface area contributed by atoms with E-state index in [1.54, 1.807) is 17.7 Å². The molecule has 1 aliphatic heterocycles. The Morgan fingerprint density at radius 3 is 2.95 bits per heavy atom. The van der Waals surface area contributed by atoms with Gasteiger partial charge in [-0.2, -0.15) is 5.10 Å². The van der Waals surface area contributed by atoms with Crippen LogP contribution >= 0.6 is 11.3 Å². The maximum Gasteiger partial charge on any atom is 0.205 e. The highest BCUT2D eigenvalue weighted by Crippen LogP contribution is 2.22. The van der Waals surface area contributed by atoms with E-state index in [1.807, 2.05) is 0 Å². The Morgan fingerprint density at radius 2 is 2.23 bits per heavy atom. The fourth-order valence-corrected chi connectivity index (χ4v) is 2.76. The largest absolute Gasteiger partial charge is 0.383 e. The second kappa shape index (κ2) is 6.71. The first-order valence-electron chi connectivity index (χ1n) is 6.85. The molecule has 0 spiro atoms. The van der Waals surface area contributed by atoms with Crippen molar-refractivity contribution < 1.29 is 9.13 Å². The second-order valence-electron chi connectivity index (χ2n) is 4.75. The summed E-state index contributed by atoms with van der Waals surface area (Å²) >= 11 is 1.36. The third-order valence-corrected chi connectivity index (χ3v) is 3.99. The predicted molar refractivity (Wildman–Crippen MR) is 87.2 cm³/mol. The van der Waals surface area contributed by atoms with Crippen LogP contribution in [0.1, 0.15) is 5.56 Å². The van der Waals surface area contributed by atoms with Crippen molar-refractivity contribution in [1.29, 1.82) is 0 Å². The van der Waals surface area contributed by atoms with Crippen molar-refractivity contribution in [2.45, 2.75) is 0 Å². The number of hydrogen-bond acceptors (Lipinski definition) is 7. The van der Waals surface area contributed by atoms with Crippen molar-refractivity contribution in [3.05, 3.63) is 35.0 Å². The summed E-state index contributed by atoms with van der Waals surface area (Å²) in [4.78, 5) is 6.20. The summed E-state index contributed by atoms with van der Waals surface area (Å²) in [6, 6.07) is 4.69. The van der Waals surface area contributed by atoms with Gasteiger partial charge in [-0.1, -0.05) is 0 Å². The molecule has 0 radical (unpaired) electrons. The number of hydrazone groups is 1. The lowest BCUT2D eigenvalue weighted by Crippen LogP contribution is -2.36. The zero-order chi connectivity index (χ0) is 15.4. The fourth-order valence-electron chi connectivity index (χ4n) is 2.22. The molecule has 3 N–H and O–H groups in total. The number of morpholine rings is 1. The third kappa shape index (κ3) is 3.52. The Kier molecular flexibility index (Phi) is 4.50. The average molecular weight is 321 g/mol. The number of nitrogens with two attached hydrogens (primary N) is 1.